The van der Waals surface area contributed by atoms with Crippen molar-refractivity contribution in [2.75, 3.05) is 19.7 Å². The van der Waals surface area contributed by atoms with Crippen LogP contribution in [0.25, 0.3) is 0 Å². The number of carbonyl (C=O) groups is 1. The van der Waals surface area contributed by atoms with Gasteiger partial charge in [0.15, 0.2) is 0 Å². The fourth-order valence-corrected chi connectivity index (χ4v) is 2.71. The van der Waals surface area contributed by atoms with Crippen molar-refractivity contribution in [3.05, 3.63) is 58.9 Å². The summed E-state index contributed by atoms with van der Waals surface area (Å²) in [5.74, 6) is 0.211. The number of halogens is 1. The predicted molar refractivity (Wildman–Crippen MR) is 82.5 cm³/mol. The van der Waals surface area contributed by atoms with Crippen LogP contribution in [0.4, 0.5) is 4.39 Å². The summed E-state index contributed by atoms with van der Waals surface area (Å²) in [7, 11) is 0. The second kappa shape index (κ2) is 6.42. The lowest BCUT2D eigenvalue weighted by atomic mass is 10.1. The molecular weight excluding hydrogens is 297 g/mol. The Morgan fingerprint density at radius 3 is 2.96 bits per heavy atom. The minimum atomic E-state index is -0.324. The summed E-state index contributed by atoms with van der Waals surface area (Å²) in [5.41, 5.74) is 1.89. The van der Waals surface area contributed by atoms with Crippen LogP contribution in [0.5, 0.6) is 0 Å². The molecule has 6 heteroatoms. The Morgan fingerprint density at radius 1 is 1.39 bits per heavy atom. The molecule has 1 atom stereocenters. The van der Waals surface area contributed by atoms with Gasteiger partial charge in [-0.1, -0.05) is 12.1 Å². The van der Waals surface area contributed by atoms with Crippen molar-refractivity contribution in [2.45, 2.75) is 20.0 Å². The van der Waals surface area contributed by atoms with E-state index in [2.05, 4.69) is 9.97 Å². The van der Waals surface area contributed by atoms with E-state index >= 15 is 0 Å². The maximum absolute atomic E-state index is 13.4. The first kappa shape index (κ1) is 15.6. The molecule has 0 spiro atoms. The number of rotatable bonds is 2. The number of amides is 1. The van der Waals surface area contributed by atoms with E-state index in [0.717, 1.165) is 5.56 Å². The molecule has 0 bridgehead atoms. The van der Waals surface area contributed by atoms with Crippen LogP contribution in [0.2, 0.25) is 0 Å². The highest BCUT2D eigenvalue weighted by atomic mass is 19.1. The molecule has 0 unspecified atom stereocenters. The fourth-order valence-electron chi connectivity index (χ4n) is 2.71. The van der Waals surface area contributed by atoms with Crippen LogP contribution in [-0.2, 0) is 4.74 Å². The molecule has 23 heavy (non-hydrogen) atoms. The predicted octanol–water partition coefficient (Wildman–Crippen LogP) is 2.45. The minimum Gasteiger partial charge on any atom is -0.370 e. The van der Waals surface area contributed by atoms with Crippen molar-refractivity contribution < 1.29 is 13.9 Å². The first-order valence-corrected chi connectivity index (χ1v) is 7.51. The number of hydrogen-bond acceptors (Lipinski definition) is 4. The third kappa shape index (κ3) is 3.37. The number of morpholine rings is 1. The summed E-state index contributed by atoms with van der Waals surface area (Å²) in [5, 5.41) is 0. The van der Waals surface area contributed by atoms with Crippen LogP contribution in [-0.4, -0.2) is 40.5 Å². The highest BCUT2D eigenvalue weighted by molar-refractivity contribution is 5.95. The minimum absolute atomic E-state index is 0.118. The van der Waals surface area contributed by atoms with Gasteiger partial charge in [-0.05, 0) is 31.5 Å². The second-order valence-electron chi connectivity index (χ2n) is 5.58. The zero-order chi connectivity index (χ0) is 16.4. The van der Waals surface area contributed by atoms with Gasteiger partial charge in [0, 0.05) is 12.7 Å². The molecular formula is C17H18FN3O2. The van der Waals surface area contributed by atoms with E-state index < -0.39 is 0 Å². The van der Waals surface area contributed by atoms with Gasteiger partial charge in [-0.2, -0.15) is 0 Å². The van der Waals surface area contributed by atoms with Crippen molar-refractivity contribution in [3.8, 4) is 0 Å². The zero-order valence-electron chi connectivity index (χ0n) is 13.1. The molecule has 0 aliphatic carbocycles. The van der Waals surface area contributed by atoms with Crippen LogP contribution in [0, 0.1) is 19.7 Å². The fraction of sp³-hybridized carbons (Fsp3) is 0.353. The number of nitrogens with zero attached hydrogens (tertiary/aromatic N) is 3. The van der Waals surface area contributed by atoms with Crippen LogP contribution in [0.1, 0.15) is 33.5 Å². The Balaban J connectivity index is 1.79. The molecule has 2 aromatic rings. The summed E-state index contributed by atoms with van der Waals surface area (Å²) >= 11 is 0. The van der Waals surface area contributed by atoms with Crippen molar-refractivity contribution in [2.24, 2.45) is 0 Å². The quantitative estimate of drug-likeness (QED) is 0.854. The number of carbonyl (C=O) groups excluding carboxylic acids is 1. The molecule has 0 saturated carbocycles. The molecule has 1 saturated heterocycles. The van der Waals surface area contributed by atoms with Crippen LogP contribution in [0.3, 0.4) is 0 Å². The average Bonchev–Trinajstić information content (AvgIpc) is 2.54. The van der Waals surface area contributed by atoms with Gasteiger partial charge >= 0.3 is 0 Å². The maximum atomic E-state index is 13.4. The number of ether oxygens (including phenoxy) is 1. The van der Waals surface area contributed by atoms with E-state index in [1.807, 2.05) is 6.07 Å². The first-order chi connectivity index (χ1) is 11.0. The Hall–Kier alpha value is -2.34. The molecule has 0 N–H and O–H groups in total. The molecule has 1 aliphatic rings. The average molecular weight is 315 g/mol. The smallest absolute Gasteiger partial charge is 0.257 e. The van der Waals surface area contributed by atoms with Crippen LogP contribution >= 0.6 is 0 Å². The normalized spacial score (nSPS) is 18.0. The summed E-state index contributed by atoms with van der Waals surface area (Å²) in [4.78, 5) is 22.7. The van der Waals surface area contributed by atoms with Gasteiger partial charge in [-0.15, -0.1) is 0 Å². The number of aromatic nitrogens is 2. The van der Waals surface area contributed by atoms with Gasteiger partial charge in [0.2, 0.25) is 0 Å². The molecule has 1 aromatic carbocycles. The lowest BCUT2D eigenvalue weighted by Crippen LogP contribution is -2.42. The highest BCUT2D eigenvalue weighted by Gasteiger charge is 2.27. The van der Waals surface area contributed by atoms with E-state index in [4.69, 9.17) is 4.74 Å². The van der Waals surface area contributed by atoms with E-state index in [1.165, 1.54) is 12.1 Å². The third-order valence-electron chi connectivity index (χ3n) is 3.90. The summed E-state index contributed by atoms with van der Waals surface area (Å²) in [6.45, 7) is 4.88. The zero-order valence-corrected chi connectivity index (χ0v) is 13.1. The summed E-state index contributed by atoms with van der Waals surface area (Å²) < 4.78 is 19.1. The molecule has 1 fully saturated rings. The summed E-state index contributed by atoms with van der Waals surface area (Å²) in [6.07, 6.45) is 1.24. The SMILES string of the molecule is Cc1ncc(C(=O)N2CCO[C@H](c3cccc(F)c3)C2)c(C)n1. The van der Waals surface area contributed by atoms with E-state index in [9.17, 15) is 9.18 Å². The van der Waals surface area contributed by atoms with Gasteiger partial charge in [-0.25, -0.2) is 14.4 Å². The lowest BCUT2D eigenvalue weighted by molar-refractivity contribution is -0.0229. The second-order valence-corrected chi connectivity index (χ2v) is 5.58. The Bertz CT molecular complexity index is 736. The van der Waals surface area contributed by atoms with Crippen molar-refractivity contribution in [3.63, 3.8) is 0 Å². The van der Waals surface area contributed by atoms with Crippen LogP contribution in [0.15, 0.2) is 30.5 Å². The summed E-state index contributed by atoms with van der Waals surface area (Å²) in [6, 6.07) is 6.29. The standard InChI is InChI=1S/C17H18FN3O2/c1-11-15(9-19-12(2)20-11)17(22)21-6-7-23-16(10-21)13-4-3-5-14(18)8-13/h3-5,8-9,16H,6-7,10H2,1-2H3/t16-/m0/s1. The Kier molecular flexibility index (Phi) is 4.34. The van der Waals surface area contributed by atoms with Gasteiger partial charge in [-0.3, -0.25) is 4.79 Å². The van der Waals surface area contributed by atoms with Gasteiger partial charge in [0.1, 0.15) is 17.7 Å². The molecule has 2 heterocycles. The van der Waals surface area contributed by atoms with Gasteiger partial charge in [0.25, 0.3) is 5.91 Å². The molecule has 0 radical (unpaired) electrons. The largest absolute Gasteiger partial charge is 0.370 e. The lowest BCUT2D eigenvalue weighted by Gasteiger charge is -2.33. The monoisotopic (exact) mass is 315 g/mol. The van der Waals surface area contributed by atoms with Gasteiger partial charge < -0.3 is 9.64 Å². The highest BCUT2D eigenvalue weighted by Crippen LogP contribution is 2.24. The van der Waals surface area contributed by atoms with Crippen molar-refractivity contribution >= 4 is 5.91 Å². The molecule has 120 valence electrons. The molecule has 1 amide bonds. The van der Waals surface area contributed by atoms with E-state index in [1.54, 1.807) is 31.0 Å². The molecule has 5 nitrogen and oxygen atoms in total. The Morgan fingerprint density at radius 2 is 2.22 bits per heavy atom. The maximum Gasteiger partial charge on any atom is 0.257 e. The third-order valence-corrected chi connectivity index (χ3v) is 3.90. The van der Waals surface area contributed by atoms with Crippen LogP contribution < -0.4 is 0 Å². The number of hydrogen-bond donors (Lipinski definition) is 0. The molecule has 1 aliphatic heterocycles. The molecule has 3 rings (SSSR count). The van der Waals surface area contributed by atoms with Crippen molar-refractivity contribution in [1.29, 1.82) is 0 Å². The topological polar surface area (TPSA) is 55.3 Å². The number of aryl methyl sites for hydroxylation is 2. The first-order valence-electron chi connectivity index (χ1n) is 7.51. The van der Waals surface area contributed by atoms with E-state index in [0.29, 0.717) is 36.8 Å². The Labute approximate surface area is 134 Å². The van der Waals surface area contributed by atoms with E-state index in [-0.39, 0.29) is 17.8 Å². The van der Waals surface area contributed by atoms with Gasteiger partial charge in [0.05, 0.1) is 24.4 Å². The van der Waals surface area contributed by atoms with Crippen molar-refractivity contribution in [1.82, 2.24) is 14.9 Å². The number of benzene rings is 1. The molecule has 1 aromatic heterocycles.